The maximum absolute atomic E-state index is 11.6. The maximum atomic E-state index is 11.6. The predicted octanol–water partition coefficient (Wildman–Crippen LogP) is 0.130. The van der Waals surface area contributed by atoms with Crippen LogP contribution in [0.25, 0.3) is 0 Å². The van der Waals surface area contributed by atoms with E-state index < -0.39 is 0 Å². The molecule has 2 amide bonds. The Morgan fingerprint density at radius 2 is 2.50 bits per heavy atom. The summed E-state index contributed by atoms with van der Waals surface area (Å²) in [6.45, 7) is 0.589. The van der Waals surface area contributed by atoms with E-state index in [-0.39, 0.29) is 17.9 Å². The van der Waals surface area contributed by atoms with Crippen LogP contribution in [0.3, 0.4) is 0 Å². The monoisotopic (exact) mass is 221 g/mol. The Kier molecular flexibility index (Phi) is 3.34. The molecule has 1 unspecified atom stereocenters. The molecule has 0 aromatic rings. The smallest absolute Gasteiger partial charge is 0.242 e. The zero-order valence-corrected chi connectivity index (χ0v) is 9.03. The topological polar surface area (TPSA) is 70.6 Å². The Labute approximate surface area is 94.0 Å². The molecule has 1 fully saturated rings. The summed E-state index contributed by atoms with van der Waals surface area (Å²) in [5, 5.41) is 5.45. The molecule has 0 spiro atoms. The van der Waals surface area contributed by atoms with Crippen LogP contribution in [-0.4, -0.2) is 30.1 Å². The summed E-state index contributed by atoms with van der Waals surface area (Å²) in [7, 11) is 0. The van der Waals surface area contributed by atoms with E-state index in [1.54, 1.807) is 6.20 Å². The van der Waals surface area contributed by atoms with Crippen molar-refractivity contribution in [2.24, 2.45) is 4.99 Å². The average molecular weight is 221 g/mol. The van der Waals surface area contributed by atoms with Crippen molar-refractivity contribution in [1.29, 1.82) is 0 Å². The lowest BCUT2D eigenvalue weighted by Gasteiger charge is -2.10. The Balaban J connectivity index is 1.66. The third-order valence-corrected chi connectivity index (χ3v) is 2.74. The lowest BCUT2D eigenvalue weighted by molar-refractivity contribution is -0.125. The normalized spacial score (nSPS) is 23.1. The van der Waals surface area contributed by atoms with Crippen molar-refractivity contribution in [2.45, 2.75) is 31.7 Å². The number of nitrogens with one attached hydrogen (secondary N) is 2. The molecule has 2 heterocycles. The zero-order valence-electron chi connectivity index (χ0n) is 9.03. The summed E-state index contributed by atoms with van der Waals surface area (Å²) in [5.74, 6) is -0.123. The van der Waals surface area contributed by atoms with Crippen LogP contribution in [0, 0.1) is 0 Å². The Bertz CT molecular complexity index is 360. The first-order valence-electron chi connectivity index (χ1n) is 5.53. The minimum Gasteiger partial charge on any atom is -0.354 e. The lowest BCUT2D eigenvalue weighted by Crippen LogP contribution is -2.42. The van der Waals surface area contributed by atoms with Crippen molar-refractivity contribution in [2.75, 3.05) is 6.54 Å². The fourth-order valence-electron chi connectivity index (χ4n) is 1.83. The molecule has 1 atom stereocenters. The van der Waals surface area contributed by atoms with Crippen LogP contribution in [0.5, 0.6) is 0 Å². The molecule has 86 valence electrons. The molecule has 0 aromatic heterocycles. The molecule has 0 aromatic carbocycles. The molecule has 2 aliphatic heterocycles. The van der Waals surface area contributed by atoms with Crippen LogP contribution in [0.15, 0.2) is 17.3 Å². The van der Waals surface area contributed by atoms with E-state index in [1.807, 2.05) is 6.08 Å². The van der Waals surface area contributed by atoms with E-state index in [9.17, 15) is 9.59 Å². The number of amides is 2. The van der Waals surface area contributed by atoms with E-state index in [0.717, 1.165) is 18.6 Å². The molecule has 5 nitrogen and oxygen atoms in total. The van der Waals surface area contributed by atoms with Gasteiger partial charge in [-0.2, -0.15) is 0 Å². The molecule has 16 heavy (non-hydrogen) atoms. The summed E-state index contributed by atoms with van der Waals surface area (Å²) < 4.78 is 0. The van der Waals surface area contributed by atoms with Crippen LogP contribution < -0.4 is 10.6 Å². The highest BCUT2D eigenvalue weighted by atomic mass is 16.2. The second-order valence-electron chi connectivity index (χ2n) is 3.98. The van der Waals surface area contributed by atoms with Gasteiger partial charge in [-0.1, -0.05) is 6.08 Å². The van der Waals surface area contributed by atoms with Gasteiger partial charge in [-0.25, -0.2) is 0 Å². The number of carbonyl (C=O) groups is 2. The van der Waals surface area contributed by atoms with Gasteiger partial charge in [0.2, 0.25) is 11.8 Å². The summed E-state index contributed by atoms with van der Waals surface area (Å²) in [6.07, 6.45) is 6.50. The summed E-state index contributed by atoms with van der Waals surface area (Å²) in [6, 6.07) is -0.337. The van der Waals surface area contributed by atoms with Crippen molar-refractivity contribution >= 4 is 17.5 Å². The number of allylic oxidation sites excluding steroid dienone is 1. The van der Waals surface area contributed by atoms with Crippen molar-refractivity contribution in [3.05, 3.63) is 12.3 Å². The van der Waals surface area contributed by atoms with Gasteiger partial charge < -0.3 is 10.6 Å². The summed E-state index contributed by atoms with van der Waals surface area (Å²) in [4.78, 5) is 26.7. The molecule has 0 aliphatic carbocycles. The highest BCUT2D eigenvalue weighted by Gasteiger charge is 2.26. The average Bonchev–Trinajstić information content (AvgIpc) is 2.89. The van der Waals surface area contributed by atoms with E-state index in [1.165, 1.54) is 0 Å². The number of hydrogen-bond acceptors (Lipinski definition) is 3. The van der Waals surface area contributed by atoms with Crippen LogP contribution in [-0.2, 0) is 9.59 Å². The first kappa shape index (κ1) is 10.9. The third kappa shape index (κ3) is 2.68. The van der Waals surface area contributed by atoms with E-state index >= 15 is 0 Å². The van der Waals surface area contributed by atoms with Crippen molar-refractivity contribution in [3.8, 4) is 0 Å². The number of rotatable bonds is 4. The predicted molar refractivity (Wildman–Crippen MR) is 60.0 cm³/mol. The van der Waals surface area contributed by atoms with Crippen LogP contribution >= 0.6 is 0 Å². The van der Waals surface area contributed by atoms with Gasteiger partial charge in [-0.3, -0.25) is 14.6 Å². The molecule has 2 N–H and O–H groups in total. The van der Waals surface area contributed by atoms with Crippen molar-refractivity contribution in [1.82, 2.24) is 10.6 Å². The van der Waals surface area contributed by atoms with E-state index in [0.29, 0.717) is 19.4 Å². The SMILES string of the molecule is O=C1CCC(C(=O)NCCC2=NC=CC2)N1. The second kappa shape index (κ2) is 4.92. The van der Waals surface area contributed by atoms with Crippen LogP contribution in [0.2, 0.25) is 0 Å². The number of aliphatic imine (C=N–C) groups is 1. The second-order valence-corrected chi connectivity index (χ2v) is 3.98. The highest BCUT2D eigenvalue weighted by Crippen LogP contribution is 2.06. The van der Waals surface area contributed by atoms with Gasteiger partial charge in [0.05, 0.1) is 0 Å². The molecule has 0 radical (unpaired) electrons. The maximum Gasteiger partial charge on any atom is 0.242 e. The molecular weight excluding hydrogens is 206 g/mol. The lowest BCUT2D eigenvalue weighted by atomic mass is 10.2. The van der Waals surface area contributed by atoms with Gasteiger partial charge in [0, 0.05) is 37.7 Å². The first-order valence-corrected chi connectivity index (χ1v) is 5.53. The Morgan fingerprint density at radius 1 is 1.62 bits per heavy atom. The van der Waals surface area contributed by atoms with Gasteiger partial charge in [0.25, 0.3) is 0 Å². The fraction of sp³-hybridized carbons (Fsp3) is 0.545. The van der Waals surface area contributed by atoms with E-state index in [4.69, 9.17) is 0 Å². The quantitative estimate of drug-likeness (QED) is 0.708. The van der Waals surface area contributed by atoms with Gasteiger partial charge in [0.15, 0.2) is 0 Å². The van der Waals surface area contributed by atoms with Crippen LogP contribution in [0.1, 0.15) is 25.7 Å². The number of carbonyl (C=O) groups excluding carboxylic acids is 2. The third-order valence-electron chi connectivity index (χ3n) is 2.74. The van der Waals surface area contributed by atoms with Crippen molar-refractivity contribution in [3.63, 3.8) is 0 Å². The summed E-state index contributed by atoms with van der Waals surface area (Å²) >= 11 is 0. The van der Waals surface area contributed by atoms with Gasteiger partial charge in [-0.15, -0.1) is 0 Å². The number of hydrogen-bond donors (Lipinski definition) is 2. The van der Waals surface area contributed by atoms with Crippen LogP contribution in [0.4, 0.5) is 0 Å². The minimum atomic E-state index is -0.337. The first-order chi connectivity index (χ1) is 7.75. The van der Waals surface area contributed by atoms with Gasteiger partial charge in [0.1, 0.15) is 6.04 Å². The number of nitrogens with zero attached hydrogens (tertiary/aromatic N) is 1. The molecular formula is C11H15N3O2. The standard InChI is InChI=1S/C11H15N3O2/c15-10-4-3-9(14-10)11(16)13-7-5-8-2-1-6-12-8/h1,6,9H,2-5,7H2,(H,13,16)(H,14,15). The molecule has 2 aliphatic rings. The zero-order chi connectivity index (χ0) is 11.4. The minimum absolute atomic E-state index is 0.0375. The Hall–Kier alpha value is -1.65. The molecule has 1 saturated heterocycles. The van der Waals surface area contributed by atoms with Gasteiger partial charge >= 0.3 is 0 Å². The molecule has 0 bridgehead atoms. The van der Waals surface area contributed by atoms with Crippen molar-refractivity contribution < 1.29 is 9.59 Å². The highest BCUT2D eigenvalue weighted by molar-refractivity contribution is 5.91. The molecule has 5 heteroatoms. The molecule has 2 rings (SSSR count). The fourth-order valence-corrected chi connectivity index (χ4v) is 1.83. The summed E-state index contributed by atoms with van der Waals surface area (Å²) in [5.41, 5.74) is 1.09. The van der Waals surface area contributed by atoms with Gasteiger partial charge in [-0.05, 0) is 6.42 Å². The Morgan fingerprint density at radius 3 is 3.12 bits per heavy atom. The molecule has 0 saturated carbocycles. The van der Waals surface area contributed by atoms with E-state index in [2.05, 4.69) is 15.6 Å². The largest absolute Gasteiger partial charge is 0.354 e.